The molecule has 0 fully saturated rings. The van der Waals surface area contributed by atoms with E-state index in [9.17, 15) is 0 Å². The van der Waals surface area contributed by atoms with E-state index in [4.69, 9.17) is 5.73 Å². The van der Waals surface area contributed by atoms with E-state index in [2.05, 4.69) is 30.8 Å². The second-order valence-corrected chi connectivity index (χ2v) is 5.98. The van der Waals surface area contributed by atoms with Gasteiger partial charge in [-0.15, -0.1) is 0 Å². The third kappa shape index (κ3) is 7.66. The van der Waals surface area contributed by atoms with Crippen molar-refractivity contribution in [3.63, 3.8) is 0 Å². The van der Waals surface area contributed by atoms with Crippen LogP contribution in [0.3, 0.4) is 0 Å². The van der Waals surface area contributed by atoms with E-state index in [0.29, 0.717) is 12.5 Å². The van der Waals surface area contributed by atoms with Gasteiger partial charge in [0.1, 0.15) is 0 Å². The van der Waals surface area contributed by atoms with Crippen LogP contribution in [-0.2, 0) is 12.2 Å². The molecule has 0 aliphatic carbocycles. The van der Waals surface area contributed by atoms with Crippen LogP contribution in [0.4, 0.5) is 0 Å². The Bertz CT molecular complexity index is 556. The Balaban J connectivity index is 1.46. The summed E-state index contributed by atoms with van der Waals surface area (Å²) in [5.74, 6) is 2.31. The van der Waals surface area contributed by atoms with Crippen molar-refractivity contribution in [3.8, 4) is 0 Å². The van der Waals surface area contributed by atoms with Crippen LogP contribution in [0.15, 0.2) is 41.9 Å². The predicted octanol–water partition coefficient (Wildman–Crippen LogP) is 1.08. The van der Waals surface area contributed by atoms with Crippen molar-refractivity contribution in [1.82, 2.24) is 25.8 Å². The molecule has 0 saturated carbocycles. The number of hydrazine groups is 1. The molecule has 8 heteroatoms. The number of thioether (sulfide) groups is 1. The molecule has 0 unspecified atom stereocenters. The summed E-state index contributed by atoms with van der Waals surface area (Å²) in [7, 11) is 0. The summed E-state index contributed by atoms with van der Waals surface area (Å²) >= 11 is 1.82. The maximum atomic E-state index is 5.78. The highest BCUT2D eigenvalue weighted by atomic mass is 32.2. The Morgan fingerprint density at radius 3 is 3.13 bits per heavy atom. The molecule has 5 N–H and O–H groups in total. The lowest BCUT2D eigenvalue weighted by Crippen LogP contribution is -2.43. The molecule has 0 saturated heterocycles. The van der Waals surface area contributed by atoms with Crippen molar-refractivity contribution in [2.24, 2.45) is 10.7 Å². The minimum absolute atomic E-state index is 0.421. The first-order valence-electron chi connectivity index (χ1n) is 7.58. The van der Waals surface area contributed by atoms with E-state index in [1.54, 1.807) is 6.33 Å². The number of hydrogen-bond donors (Lipinski definition) is 4. The molecule has 2 heterocycles. The third-order valence-electron chi connectivity index (χ3n) is 3.01. The smallest absolute Gasteiger partial charge is 0.203 e. The van der Waals surface area contributed by atoms with Crippen LogP contribution in [0.5, 0.6) is 0 Å². The van der Waals surface area contributed by atoms with Gasteiger partial charge in [0.2, 0.25) is 5.96 Å². The molecule has 2 rings (SSSR count). The average Bonchev–Trinajstić information content (AvgIpc) is 3.09. The summed E-state index contributed by atoms with van der Waals surface area (Å²) in [4.78, 5) is 15.6. The highest BCUT2D eigenvalue weighted by Gasteiger charge is 1.96. The van der Waals surface area contributed by atoms with E-state index in [-0.39, 0.29) is 0 Å². The number of aliphatic imine (C=N–C) groups is 1. The van der Waals surface area contributed by atoms with Gasteiger partial charge >= 0.3 is 0 Å². The van der Waals surface area contributed by atoms with Crippen molar-refractivity contribution in [2.75, 3.05) is 18.8 Å². The Morgan fingerprint density at radius 2 is 2.35 bits per heavy atom. The van der Waals surface area contributed by atoms with E-state index in [0.717, 1.165) is 42.3 Å². The first kappa shape index (κ1) is 17.3. The van der Waals surface area contributed by atoms with Crippen molar-refractivity contribution in [2.45, 2.75) is 18.6 Å². The molecule has 0 radical (unpaired) electrons. The number of pyridine rings is 1. The van der Waals surface area contributed by atoms with Gasteiger partial charge < -0.3 is 10.7 Å². The van der Waals surface area contributed by atoms with Gasteiger partial charge in [0.25, 0.3) is 0 Å². The number of aromatic nitrogens is 3. The number of nitrogens with two attached hydrogens (primary N) is 1. The van der Waals surface area contributed by atoms with Gasteiger partial charge in [0, 0.05) is 42.7 Å². The number of nitrogens with zero attached hydrogens (tertiary/aromatic N) is 3. The van der Waals surface area contributed by atoms with Gasteiger partial charge in [-0.25, -0.2) is 10.4 Å². The molecule has 0 spiro atoms. The van der Waals surface area contributed by atoms with Crippen molar-refractivity contribution >= 4 is 17.7 Å². The van der Waals surface area contributed by atoms with E-state index >= 15 is 0 Å². The van der Waals surface area contributed by atoms with Gasteiger partial charge in [0.15, 0.2) is 0 Å². The summed E-state index contributed by atoms with van der Waals surface area (Å²) < 4.78 is 0. The number of aryl methyl sites for hydroxylation is 1. The lowest BCUT2D eigenvalue weighted by molar-refractivity contribution is 0.679. The summed E-state index contributed by atoms with van der Waals surface area (Å²) in [6.07, 6.45) is 7.19. The molecule has 0 amide bonds. The van der Waals surface area contributed by atoms with Crippen molar-refractivity contribution in [1.29, 1.82) is 0 Å². The molecule has 0 atom stereocenters. The lowest BCUT2D eigenvalue weighted by atomic mass is 10.2. The monoisotopic (exact) mass is 333 g/mol. The maximum absolute atomic E-state index is 5.78. The zero-order valence-electron chi connectivity index (χ0n) is 13.0. The van der Waals surface area contributed by atoms with Crippen LogP contribution >= 0.6 is 11.8 Å². The summed E-state index contributed by atoms with van der Waals surface area (Å²) in [5, 5.41) is 0. The van der Waals surface area contributed by atoms with Gasteiger partial charge in [0.05, 0.1) is 12.0 Å². The predicted molar refractivity (Wildman–Crippen MR) is 94.9 cm³/mol. The number of guanidine groups is 1. The topological polar surface area (TPSA) is 104 Å². The number of aromatic amines is 1. The molecule has 23 heavy (non-hydrogen) atoms. The molecule has 124 valence electrons. The largest absolute Gasteiger partial charge is 0.369 e. The highest BCUT2D eigenvalue weighted by molar-refractivity contribution is 7.98. The first-order valence-corrected chi connectivity index (χ1v) is 8.74. The van der Waals surface area contributed by atoms with Crippen molar-refractivity contribution < 1.29 is 0 Å². The molecule has 0 aliphatic heterocycles. The van der Waals surface area contributed by atoms with Crippen LogP contribution < -0.4 is 16.6 Å². The second-order valence-electron chi connectivity index (χ2n) is 4.87. The maximum Gasteiger partial charge on any atom is 0.203 e. The minimum atomic E-state index is 0.421. The molecular weight excluding hydrogens is 310 g/mol. The summed E-state index contributed by atoms with van der Waals surface area (Å²) in [6, 6.07) is 5.97. The van der Waals surface area contributed by atoms with Gasteiger partial charge in [-0.2, -0.15) is 11.8 Å². The molecule has 7 nitrogen and oxygen atoms in total. The zero-order chi connectivity index (χ0) is 16.2. The quantitative estimate of drug-likeness (QED) is 0.224. The number of hydrogen-bond acceptors (Lipinski definition) is 5. The number of H-pyrrole nitrogens is 1. The van der Waals surface area contributed by atoms with Crippen molar-refractivity contribution in [3.05, 3.63) is 48.3 Å². The first-order chi connectivity index (χ1) is 11.3. The summed E-state index contributed by atoms with van der Waals surface area (Å²) in [5.41, 5.74) is 14.0. The van der Waals surface area contributed by atoms with Gasteiger partial charge in [-0.05, 0) is 25.0 Å². The Labute approximate surface area is 140 Å². The Morgan fingerprint density at radius 1 is 1.39 bits per heavy atom. The molecule has 2 aromatic rings. The molecule has 0 aliphatic rings. The van der Waals surface area contributed by atoms with Crippen LogP contribution in [0, 0.1) is 0 Å². The second kappa shape index (κ2) is 10.6. The molecule has 0 bridgehead atoms. The van der Waals surface area contributed by atoms with E-state index in [1.165, 1.54) is 0 Å². The van der Waals surface area contributed by atoms with Crippen LogP contribution in [0.2, 0.25) is 0 Å². The average molecular weight is 333 g/mol. The molecular formula is C15H23N7S. The standard InChI is InChI=1S/C15H23N7S/c16-15(19-7-3-5-13-10-17-12-20-13)22-21-8-9-23-11-14-4-1-2-6-18-14/h1-2,4,6,10,12,21H,3,5,7-9,11H2,(H,17,20)(H3,16,19,22). The van der Waals surface area contributed by atoms with Crippen LogP contribution in [0.25, 0.3) is 0 Å². The van der Waals surface area contributed by atoms with E-state index in [1.807, 2.05) is 42.4 Å². The SMILES string of the molecule is NC(=NCCCc1cnc[nH]1)NNCCSCc1ccccn1. The third-order valence-corrected chi connectivity index (χ3v) is 4.00. The Hall–Kier alpha value is -2.06. The highest BCUT2D eigenvalue weighted by Crippen LogP contribution is 2.07. The lowest BCUT2D eigenvalue weighted by Gasteiger charge is -2.07. The van der Waals surface area contributed by atoms with Gasteiger partial charge in [-0.1, -0.05) is 6.07 Å². The van der Waals surface area contributed by atoms with Gasteiger partial charge in [-0.3, -0.25) is 15.4 Å². The van der Waals surface area contributed by atoms with Crippen LogP contribution in [-0.4, -0.2) is 39.8 Å². The molecule has 0 aromatic carbocycles. The van der Waals surface area contributed by atoms with Crippen LogP contribution in [0.1, 0.15) is 17.8 Å². The van der Waals surface area contributed by atoms with E-state index < -0.39 is 0 Å². The fourth-order valence-corrected chi connectivity index (χ4v) is 2.64. The summed E-state index contributed by atoms with van der Waals surface area (Å²) in [6.45, 7) is 1.50. The number of nitrogens with one attached hydrogen (secondary N) is 3. The fraction of sp³-hybridized carbons (Fsp3) is 0.400. The number of rotatable bonds is 10. The Kier molecular flexibility index (Phi) is 7.99. The molecule has 2 aromatic heterocycles. The minimum Gasteiger partial charge on any atom is -0.369 e. The number of imidazole rings is 1. The zero-order valence-corrected chi connectivity index (χ0v) is 13.9. The fourth-order valence-electron chi connectivity index (χ4n) is 1.87. The normalized spacial score (nSPS) is 11.6.